The van der Waals surface area contributed by atoms with Crippen molar-refractivity contribution in [2.24, 2.45) is 5.92 Å². The predicted octanol–water partition coefficient (Wildman–Crippen LogP) is 4.40. The van der Waals surface area contributed by atoms with Crippen LogP contribution >= 0.6 is 35.1 Å². The van der Waals surface area contributed by atoms with Gasteiger partial charge in [-0.2, -0.15) is 0 Å². The molecule has 0 saturated heterocycles. The van der Waals surface area contributed by atoms with Gasteiger partial charge in [0.15, 0.2) is 5.88 Å². The number of ether oxygens (including phenoxy) is 1. The van der Waals surface area contributed by atoms with Gasteiger partial charge in [0.1, 0.15) is 5.57 Å². The molecule has 0 atom stereocenters. The molecule has 3 N–H and O–H groups in total. The zero-order chi connectivity index (χ0) is 19.3. The average molecular weight is 415 g/mol. The van der Waals surface area contributed by atoms with E-state index >= 15 is 0 Å². The maximum atomic E-state index is 13.1. The minimum atomic E-state index is -0.431. The van der Waals surface area contributed by atoms with E-state index in [2.05, 4.69) is 5.32 Å². The number of allylic oxidation sites excluding steroid dienone is 1. The number of hydrogen-bond donors (Lipinski definition) is 3. The Bertz CT molecular complexity index is 733. The van der Waals surface area contributed by atoms with E-state index < -0.39 is 5.78 Å². The van der Waals surface area contributed by atoms with Crippen molar-refractivity contribution in [3.63, 3.8) is 0 Å². The number of aliphatic hydroxyl groups is 1. The van der Waals surface area contributed by atoms with Crippen LogP contribution < -0.4 is 5.32 Å². The van der Waals surface area contributed by atoms with Crippen LogP contribution in [0.3, 0.4) is 0 Å². The second kappa shape index (κ2) is 9.69. The molecule has 0 aromatic heterocycles. The summed E-state index contributed by atoms with van der Waals surface area (Å²) in [4.78, 5) is 14.9. The summed E-state index contributed by atoms with van der Waals surface area (Å²) in [5.41, 5.74) is 0.466. The summed E-state index contributed by atoms with van der Waals surface area (Å²) in [6.45, 7) is 0.574. The van der Waals surface area contributed by atoms with E-state index in [1.54, 1.807) is 24.9 Å². The Morgan fingerprint density at radius 3 is 2.69 bits per heavy atom. The Kier molecular flexibility index (Phi) is 7.88. The van der Waals surface area contributed by atoms with E-state index in [4.69, 9.17) is 21.7 Å². The minimum absolute atomic E-state index is 0.00152. The molecule has 1 aliphatic rings. The van der Waals surface area contributed by atoms with E-state index in [9.17, 15) is 9.90 Å². The molecule has 142 valence electrons. The molecule has 0 amide bonds. The van der Waals surface area contributed by atoms with Crippen molar-refractivity contribution in [3.8, 4) is 0 Å². The third kappa shape index (κ3) is 4.76. The predicted molar refractivity (Wildman–Crippen MR) is 109 cm³/mol. The van der Waals surface area contributed by atoms with Crippen LogP contribution in [0.4, 0.5) is 0 Å². The van der Waals surface area contributed by atoms with Gasteiger partial charge in [0, 0.05) is 41.2 Å². The lowest BCUT2D eigenvalue weighted by atomic mass is 9.97. The van der Waals surface area contributed by atoms with Gasteiger partial charge >= 0.3 is 0 Å². The molecule has 0 aliphatic heterocycles. The molecule has 8 heteroatoms. The van der Waals surface area contributed by atoms with Gasteiger partial charge in [-0.3, -0.25) is 4.79 Å². The SMILES string of the molecule is CN/C(O)=C(\C(=N)C1CC1)C(=O)c1ccc(SC)c(SCCOC)c1Cl. The van der Waals surface area contributed by atoms with Crippen molar-refractivity contribution in [2.75, 3.05) is 32.8 Å². The van der Waals surface area contributed by atoms with E-state index in [0.717, 1.165) is 22.6 Å². The number of nitrogens with one attached hydrogen (secondary N) is 2. The fourth-order valence-corrected chi connectivity index (χ4v) is 4.72. The van der Waals surface area contributed by atoms with Crippen molar-refractivity contribution in [3.05, 3.63) is 34.2 Å². The molecule has 2 rings (SSSR count). The van der Waals surface area contributed by atoms with Crippen LogP contribution in [0.25, 0.3) is 0 Å². The first-order valence-corrected chi connectivity index (χ1v) is 10.8. The number of methoxy groups -OCH3 is 1. The maximum Gasteiger partial charge on any atom is 0.201 e. The summed E-state index contributed by atoms with van der Waals surface area (Å²) >= 11 is 9.65. The summed E-state index contributed by atoms with van der Waals surface area (Å²) in [7, 11) is 3.16. The van der Waals surface area contributed by atoms with E-state index in [1.807, 2.05) is 12.3 Å². The lowest BCUT2D eigenvalue weighted by Crippen LogP contribution is -2.22. The van der Waals surface area contributed by atoms with Crippen LogP contribution in [0.15, 0.2) is 33.4 Å². The summed E-state index contributed by atoms with van der Waals surface area (Å²) in [6.07, 6.45) is 3.68. The van der Waals surface area contributed by atoms with Crippen LogP contribution in [0, 0.1) is 11.3 Å². The number of thioether (sulfide) groups is 2. The van der Waals surface area contributed by atoms with Crippen LogP contribution in [0.5, 0.6) is 0 Å². The molecular formula is C18H23ClN2O3S2. The minimum Gasteiger partial charge on any atom is -0.494 e. The lowest BCUT2D eigenvalue weighted by Gasteiger charge is -2.15. The second-order valence-electron chi connectivity index (χ2n) is 5.79. The molecule has 0 unspecified atom stereocenters. The number of benzene rings is 1. The molecule has 1 aromatic rings. The number of Topliss-reactive ketones (excluding diaryl/α,β-unsaturated/α-hetero) is 1. The topological polar surface area (TPSA) is 82.4 Å². The molecule has 0 spiro atoms. The van der Waals surface area contributed by atoms with Crippen LogP contribution in [0.1, 0.15) is 23.2 Å². The Morgan fingerprint density at radius 2 is 2.15 bits per heavy atom. The average Bonchev–Trinajstić information content (AvgIpc) is 3.47. The highest BCUT2D eigenvalue weighted by atomic mass is 35.5. The Hall–Kier alpha value is -1.15. The fraction of sp³-hybridized carbons (Fsp3) is 0.444. The first-order valence-electron chi connectivity index (χ1n) is 8.18. The Balaban J connectivity index is 2.43. The summed E-state index contributed by atoms with van der Waals surface area (Å²) < 4.78 is 5.09. The molecule has 1 fully saturated rings. The number of ketones is 1. The Labute approximate surface area is 167 Å². The van der Waals surface area contributed by atoms with Crippen molar-refractivity contribution in [1.29, 1.82) is 5.41 Å². The summed E-state index contributed by atoms with van der Waals surface area (Å²) in [5, 5.41) is 21.4. The van der Waals surface area contributed by atoms with Crippen molar-refractivity contribution in [2.45, 2.75) is 22.6 Å². The monoisotopic (exact) mass is 414 g/mol. The zero-order valence-corrected chi connectivity index (χ0v) is 17.4. The van der Waals surface area contributed by atoms with Crippen molar-refractivity contribution >= 4 is 46.6 Å². The number of carbonyl (C=O) groups is 1. The van der Waals surface area contributed by atoms with Gasteiger partial charge < -0.3 is 20.6 Å². The van der Waals surface area contributed by atoms with Crippen LogP contribution in [0.2, 0.25) is 5.02 Å². The Morgan fingerprint density at radius 1 is 1.46 bits per heavy atom. The molecular weight excluding hydrogens is 392 g/mol. The van der Waals surface area contributed by atoms with Gasteiger partial charge in [-0.05, 0) is 31.2 Å². The number of aliphatic hydroxyl groups excluding tert-OH is 1. The van der Waals surface area contributed by atoms with Gasteiger partial charge in [-0.15, -0.1) is 23.5 Å². The van der Waals surface area contributed by atoms with E-state index in [1.165, 1.54) is 18.8 Å². The first kappa shape index (κ1) is 21.2. The zero-order valence-electron chi connectivity index (χ0n) is 15.0. The third-order valence-corrected chi connectivity index (χ3v) is 6.51. The highest BCUT2D eigenvalue weighted by Gasteiger charge is 2.34. The van der Waals surface area contributed by atoms with Crippen molar-refractivity contribution in [1.82, 2.24) is 5.32 Å². The quantitative estimate of drug-likeness (QED) is 0.131. The molecule has 5 nitrogen and oxygen atoms in total. The summed E-state index contributed by atoms with van der Waals surface area (Å²) in [6, 6.07) is 3.52. The number of carbonyl (C=O) groups excluding carboxylic acids is 1. The normalized spacial score (nSPS) is 14.8. The molecule has 1 aromatic carbocycles. The van der Waals surface area contributed by atoms with Gasteiger partial charge in [0.2, 0.25) is 5.78 Å². The number of halogens is 1. The highest BCUT2D eigenvalue weighted by molar-refractivity contribution is 8.02. The van der Waals surface area contributed by atoms with Gasteiger partial charge in [0.25, 0.3) is 0 Å². The highest BCUT2D eigenvalue weighted by Crippen LogP contribution is 2.40. The molecule has 0 radical (unpaired) electrons. The molecule has 0 bridgehead atoms. The van der Waals surface area contributed by atoms with Crippen molar-refractivity contribution < 1.29 is 14.6 Å². The first-order chi connectivity index (χ1) is 12.5. The van der Waals surface area contributed by atoms with E-state index in [0.29, 0.717) is 22.9 Å². The van der Waals surface area contributed by atoms with E-state index in [-0.39, 0.29) is 23.1 Å². The van der Waals surface area contributed by atoms with Crippen LogP contribution in [-0.4, -0.2) is 49.4 Å². The van der Waals surface area contributed by atoms with Gasteiger partial charge in [-0.25, -0.2) is 0 Å². The molecule has 26 heavy (non-hydrogen) atoms. The maximum absolute atomic E-state index is 13.1. The number of rotatable bonds is 10. The largest absolute Gasteiger partial charge is 0.494 e. The fourth-order valence-electron chi connectivity index (χ4n) is 2.43. The summed E-state index contributed by atoms with van der Waals surface area (Å²) in [5.74, 6) is 0.0267. The van der Waals surface area contributed by atoms with Gasteiger partial charge in [-0.1, -0.05) is 11.6 Å². The smallest absolute Gasteiger partial charge is 0.201 e. The third-order valence-electron chi connectivity index (χ3n) is 4.01. The van der Waals surface area contributed by atoms with Gasteiger partial charge in [0.05, 0.1) is 17.3 Å². The second-order valence-corrected chi connectivity index (χ2v) is 8.12. The number of hydrogen-bond acceptors (Lipinski definition) is 7. The molecule has 0 heterocycles. The molecule has 1 aliphatic carbocycles. The van der Waals surface area contributed by atoms with Crippen LogP contribution in [-0.2, 0) is 4.74 Å². The molecule has 1 saturated carbocycles. The standard InChI is InChI=1S/C18H23ClN2O3S2/c1-21-18(23)13(15(20)10-4-5-10)16(22)11-6-7-12(25-3)17(14(11)19)26-9-8-24-2/h6-7,10,20-21,23H,4-5,8-9H2,1-3H3/b18-13-,20-15?. The lowest BCUT2D eigenvalue weighted by molar-refractivity contribution is 0.103.